The first-order valence-electron chi connectivity index (χ1n) is 6.67. The summed E-state index contributed by atoms with van der Waals surface area (Å²) in [6.07, 6.45) is 2.71. The van der Waals surface area contributed by atoms with Crippen molar-refractivity contribution in [1.82, 2.24) is 4.90 Å². The van der Waals surface area contributed by atoms with Crippen LogP contribution in [0.25, 0.3) is 0 Å². The molecule has 1 aliphatic heterocycles. The molecule has 1 aromatic carbocycles. The van der Waals surface area contributed by atoms with Gasteiger partial charge in [0.1, 0.15) is 5.78 Å². The van der Waals surface area contributed by atoms with Crippen LogP contribution in [0.4, 0.5) is 10.1 Å². The summed E-state index contributed by atoms with van der Waals surface area (Å²) in [5.74, 6) is -0.735. The van der Waals surface area contributed by atoms with Crippen LogP contribution in [0.3, 0.4) is 0 Å². The van der Waals surface area contributed by atoms with E-state index in [1.807, 2.05) is 4.90 Å². The predicted octanol–water partition coefficient (Wildman–Crippen LogP) is 2.68. The number of ketones is 1. The fraction of sp³-hybridized carbons (Fsp3) is 0.500. The fourth-order valence-corrected chi connectivity index (χ4v) is 2.69. The van der Waals surface area contributed by atoms with Crippen LogP contribution in [0, 0.1) is 15.9 Å². The van der Waals surface area contributed by atoms with Crippen molar-refractivity contribution in [3.05, 3.63) is 39.7 Å². The summed E-state index contributed by atoms with van der Waals surface area (Å²) >= 11 is 0. The van der Waals surface area contributed by atoms with Crippen molar-refractivity contribution in [2.24, 2.45) is 0 Å². The van der Waals surface area contributed by atoms with E-state index in [0.717, 1.165) is 25.3 Å². The average Bonchev–Trinajstić information content (AvgIpc) is 2.41. The number of hydrogen-bond acceptors (Lipinski definition) is 4. The zero-order chi connectivity index (χ0) is 14.7. The summed E-state index contributed by atoms with van der Waals surface area (Å²) in [6, 6.07) is 3.96. The first kappa shape index (κ1) is 14.6. The lowest BCUT2D eigenvalue weighted by molar-refractivity contribution is -0.387. The largest absolute Gasteiger partial charge is 0.305 e. The molecule has 1 fully saturated rings. The summed E-state index contributed by atoms with van der Waals surface area (Å²) in [6.45, 7) is 2.48. The van der Waals surface area contributed by atoms with Crippen molar-refractivity contribution >= 4 is 11.5 Å². The lowest BCUT2D eigenvalue weighted by Gasteiger charge is -2.34. The molecular formula is C14H17FN2O3. The summed E-state index contributed by atoms with van der Waals surface area (Å²) < 4.78 is 14.1. The predicted molar refractivity (Wildman–Crippen MR) is 71.8 cm³/mol. The Labute approximate surface area is 116 Å². The molecule has 0 amide bonds. The van der Waals surface area contributed by atoms with Crippen molar-refractivity contribution in [2.45, 2.75) is 38.8 Å². The van der Waals surface area contributed by atoms with Gasteiger partial charge in [-0.2, -0.15) is 4.39 Å². The molecule has 6 heteroatoms. The number of nitro benzene ring substituents is 1. The third-order valence-electron chi connectivity index (χ3n) is 3.71. The topological polar surface area (TPSA) is 63.5 Å². The summed E-state index contributed by atoms with van der Waals surface area (Å²) in [5, 5.41) is 10.7. The van der Waals surface area contributed by atoms with E-state index in [1.54, 1.807) is 0 Å². The molecule has 1 aromatic rings. The van der Waals surface area contributed by atoms with Crippen LogP contribution in [0.1, 0.15) is 31.7 Å². The van der Waals surface area contributed by atoms with Gasteiger partial charge in [-0.1, -0.05) is 18.6 Å². The molecule has 5 nitrogen and oxygen atoms in total. The normalized spacial score (nSPS) is 19.8. The van der Waals surface area contributed by atoms with E-state index in [9.17, 15) is 19.3 Å². The molecule has 1 unspecified atom stereocenters. The van der Waals surface area contributed by atoms with Gasteiger partial charge in [-0.25, -0.2) is 0 Å². The van der Waals surface area contributed by atoms with E-state index >= 15 is 0 Å². The van der Waals surface area contributed by atoms with Crippen molar-refractivity contribution in [3.63, 3.8) is 0 Å². The monoisotopic (exact) mass is 280 g/mol. The molecule has 0 saturated carbocycles. The number of rotatable bonds is 4. The Morgan fingerprint density at radius 1 is 1.50 bits per heavy atom. The first-order valence-corrected chi connectivity index (χ1v) is 6.67. The number of carbonyl (C=O) groups excluding carboxylic acids is 1. The number of benzene rings is 1. The molecule has 1 heterocycles. The zero-order valence-corrected chi connectivity index (χ0v) is 11.3. The van der Waals surface area contributed by atoms with Crippen LogP contribution >= 0.6 is 0 Å². The minimum Gasteiger partial charge on any atom is -0.298 e. The Morgan fingerprint density at radius 2 is 2.25 bits per heavy atom. The van der Waals surface area contributed by atoms with Crippen LogP contribution < -0.4 is 0 Å². The van der Waals surface area contributed by atoms with Gasteiger partial charge in [0.15, 0.2) is 0 Å². The quantitative estimate of drug-likeness (QED) is 0.628. The first-order chi connectivity index (χ1) is 9.50. The molecule has 0 aliphatic carbocycles. The maximum absolute atomic E-state index is 14.1. The number of Topliss-reactive ketones (excluding diaryl/α,β-unsaturated/α-hetero) is 1. The van der Waals surface area contributed by atoms with Crippen LogP contribution in [0.5, 0.6) is 0 Å². The maximum Gasteiger partial charge on any atom is 0.305 e. The van der Waals surface area contributed by atoms with Gasteiger partial charge >= 0.3 is 5.69 Å². The Kier molecular flexibility index (Phi) is 4.44. The second kappa shape index (κ2) is 6.09. The minimum absolute atomic E-state index is 0.0653. The zero-order valence-electron chi connectivity index (χ0n) is 11.3. The van der Waals surface area contributed by atoms with Gasteiger partial charge in [-0.3, -0.25) is 19.8 Å². The molecule has 0 radical (unpaired) electrons. The van der Waals surface area contributed by atoms with Gasteiger partial charge in [0.05, 0.1) is 11.0 Å². The highest BCUT2D eigenvalue weighted by Gasteiger charge is 2.27. The second-order valence-electron chi connectivity index (χ2n) is 5.10. The molecule has 0 aromatic heterocycles. The van der Waals surface area contributed by atoms with E-state index < -0.39 is 16.4 Å². The fourth-order valence-electron chi connectivity index (χ4n) is 2.69. The molecule has 0 bridgehead atoms. The standard InChI is InChI=1S/C14H17FN2O3/c1-10(18)12-6-2-3-8-16(12)9-11-5-4-7-13(14(11)15)17(19)20/h4-5,7,12H,2-3,6,8-9H2,1H3. The third-order valence-corrected chi connectivity index (χ3v) is 3.71. The number of carbonyl (C=O) groups is 1. The van der Waals surface area contributed by atoms with E-state index in [2.05, 4.69) is 0 Å². The van der Waals surface area contributed by atoms with E-state index in [4.69, 9.17) is 0 Å². The molecule has 1 aliphatic rings. The van der Waals surface area contributed by atoms with Gasteiger partial charge in [0, 0.05) is 18.2 Å². The third kappa shape index (κ3) is 3.01. The maximum atomic E-state index is 14.1. The SMILES string of the molecule is CC(=O)C1CCCCN1Cc1cccc([N+](=O)[O-])c1F. The molecule has 2 rings (SSSR count). The number of likely N-dealkylation sites (tertiary alicyclic amines) is 1. The second-order valence-corrected chi connectivity index (χ2v) is 5.10. The minimum atomic E-state index is -0.801. The Morgan fingerprint density at radius 3 is 2.90 bits per heavy atom. The number of hydrogen-bond donors (Lipinski definition) is 0. The highest BCUT2D eigenvalue weighted by atomic mass is 19.1. The Bertz CT molecular complexity index is 533. The van der Waals surface area contributed by atoms with Gasteiger partial charge in [-0.05, 0) is 26.3 Å². The number of piperidine rings is 1. The van der Waals surface area contributed by atoms with Gasteiger partial charge in [-0.15, -0.1) is 0 Å². The van der Waals surface area contributed by atoms with Crippen molar-refractivity contribution in [3.8, 4) is 0 Å². The number of nitrogens with zero attached hydrogens (tertiary/aromatic N) is 2. The van der Waals surface area contributed by atoms with Crippen molar-refractivity contribution < 1.29 is 14.1 Å². The Balaban J connectivity index is 2.22. The molecule has 1 saturated heterocycles. The van der Waals surface area contributed by atoms with E-state index in [0.29, 0.717) is 6.54 Å². The summed E-state index contributed by atoms with van der Waals surface area (Å²) in [7, 11) is 0. The van der Waals surface area contributed by atoms with Gasteiger partial charge in [0.2, 0.25) is 5.82 Å². The summed E-state index contributed by atoms with van der Waals surface area (Å²) in [4.78, 5) is 23.5. The van der Waals surface area contributed by atoms with Crippen LogP contribution in [-0.2, 0) is 11.3 Å². The number of halogens is 1. The summed E-state index contributed by atoms with van der Waals surface area (Å²) in [5.41, 5.74) is -0.244. The number of nitro groups is 1. The molecule has 108 valence electrons. The van der Waals surface area contributed by atoms with Crippen LogP contribution in [-0.4, -0.2) is 28.2 Å². The molecule has 0 N–H and O–H groups in total. The molecule has 20 heavy (non-hydrogen) atoms. The van der Waals surface area contributed by atoms with Crippen LogP contribution in [0.2, 0.25) is 0 Å². The highest BCUT2D eigenvalue weighted by Crippen LogP contribution is 2.25. The Hall–Kier alpha value is -1.82. The van der Waals surface area contributed by atoms with Gasteiger partial charge < -0.3 is 0 Å². The van der Waals surface area contributed by atoms with Crippen molar-refractivity contribution in [2.75, 3.05) is 6.54 Å². The van der Waals surface area contributed by atoms with E-state index in [-0.39, 0.29) is 23.9 Å². The lowest BCUT2D eigenvalue weighted by atomic mass is 9.98. The highest BCUT2D eigenvalue weighted by molar-refractivity contribution is 5.81. The van der Waals surface area contributed by atoms with Gasteiger partial charge in [0.25, 0.3) is 0 Å². The molecular weight excluding hydrogens is 263 g/mol. The van der Waals surface area contributed by atoms with E-state index in [1.165, 1.54) is 19.1 Å². The molecule has 1 atom stereocenters. The smallest absolute Gasteiger partial charge is 0.298 e. The average molecular weight is 280 g/mol. The lowest BCUT2D eigenvalue weighted by Crippen LogP contribution is -2.43. The van der Waals surface area contributed by atoms with Crippen LogP contribution in [0.15, 0.2) is 18.2 Å². The van der Waals surface area contributed by atoms with Crippen molar-refractivity contribution in [1.29, 1.82) is 0 Å². The molecule has 0 spiro atoms.